The van der Waals surface area contributed by atoms with Gasteiger partial charge in [0.1, 0.15) is 18.7 Å². The molecule has 5 rings (SSSR count). The lowest BCUT2D eigenvalue weighted by Gasteiger charge is -2.29. The number of hydrogen-bond acceptors (Lipinski definition) is 6. The van der Waals surface area contributed by atoms with Crippen LogP contribution in [-0.4, -0.2) is 61.6 Å². The molecule has 178 valence electrons. The summed E-state index contributed by atoms with van der Waals surface area (Å²) in [4.78, 5) is 18.0. The van der Waals surface area contributed by atoms with Gasteiger partial charge < -0.3 is 9.64 Å². The van der Waals surface area contributed by atoms with Gasteiger partial charge in [-0.15, -0.1) is 5.10 Å². The molecule has 2 aliphatic rings. The van der Waals surface area contributed by atoms with Gasteiger partial charge in [-0.2, -0.15) is 0 Å². The fourth-order valence-electron chi connectivity index (χ4n) is 5.05. The summed E-state index contributed by atoms with van der Waals surface area (Å²) in [6.07, 6.45) is 6.98. The van der Waals surface area contributed by atoms with Crippen LogP contribution in [0.2, 0.25) is 0 Å². The summed E-state index contributed by atoms with van der Waals surface area (Å²) in [5, 5.41) is 11.7. The molecule has 0 radical (unpaired) electrons. The normalized spacial score (nSPS) is 21.4. The topological polar surface area (TPSA) is 76.4 Å². The van der Waals surface area contributed by atoms with Crippen molar-refractivity contribution in [3.05, 3.63) is 72.1 Å². The smallest absolute Gasteiger partial charge is 0.240 e. The maximum atomic E-state index is 13.6. The van der Waals surface area contributed by atoms with Gasteiger partial charge in [0.15, 0.2) is 0 Å². The lowest BCUT2D eigenvalue weighted by molar-refractivity contribution is -0.136. The van der Waals surface area contributed by atoms with Gasteiger partial charge in [-0.05, 0) is 52.9 Å². The van der Waals surface area contributed by atoms with Crippen LogP contribution in [0.5, 0.6) is 5.75 Å². The first kappa shape index (κ1) is 22.5. The highest BCUT2D eigenvalue weighted by atomic mass is 16.5. The number of tetrazole rings is 1. The predicted octanol–water partition coefficient (Wildman–Crippen LogP) is 3.47. The highest BCUT2D eigenvalue weighted by Crippen LogP contribution is 2.30. The number of amides is 1. The lowest BCUT2D eigenvalue weighted by Crippen LogP contribution is -2.45. The SMILES string of the molecule is O=C([C@@H]1C[C@@H](n2cnnn2)CN1Cc1cccc(OCc2ccccc2)c1)N1CCCCCC1. The van der Waals surface area contributed by atoms with Crippen molar-refractivity contribution < 1.29 is 9.53 Å². The number of aromatic nitrogens is 4. The van der Waals surface area contributed by atoms with Gasteiger partial charge in [0.25, 0.3) is 0 Å². The number of carbonyl (C=O) groups is 1. The zero-order valence-corrected chi connectivity index (χ0v) is 19.5. The third kappa shape index (κ3) is 5.44. The first-order valence-corrected chi connectivity index (χ1v) is 12.3. The van der Waals surface area contributed by atoms with Crippen LogP contribution < -0.4 is 4.74 Å². The fraction of sp³-hybridized carbons (Fsp3) is 0.462. The number of nitrogens with zero attached hydrogens (tertiary/aromatic N) is 6. The van der Waals surface area contributed by atoms with Crippen LogP contribution in [0.1, 0.15) is 49.3 Å². The minimum atomic E-state index is -0.166. The van der Waals surface area contributed by atoms with Gasteiger partial charge in [0.2, 0.25) is 5.91 Å². The summed E-state index contributed by atoms with van der Waals surface area (Å²) in [6.45, 7) is 3.68. The Morgan fingerprint density at radius 3 is 2.53 bits per heavy atom. The van der Waals surface area contributed by atoms with E-state index in [0.717, 1.165) is 55.8 Å². The second kappa shape index (κ2) is 10.8. The molecule has 0 bridgehead atoms. The number of likely N-dealkylation sites (tertiary alicyclic amines) is 2. The van der Waals surface area contributed by atoms with E-state index in [2.05, 4.69) is 49.6 Å². The van der Waals surface area contributed by atoms with E-state index < -0.39 is 0 Å². The molecule has 3 aromatic rings. The molecule has 34 heavy (non-hydrogen) atoms. The van der Waals surface area contributed by atoms with E-state index in [9.17, 15) is 4.79 Å². The maximum absolute atomic E-state index is 13.6. The molecular weight excluding hydrogens is 428 g/mol. The second-order valence-corrected chi connectivity index (χ2v) is 9.29. The Morgan fingerprint density at radius 1 is 0.971 bits per heavy atom. The first-order valence-electron chi connectivity index (χ1n) is 12.3. The molecule has 1 aromatic heterocycles. The molecule has 2 atom stereocenters. The molecule has 8 heteroatoms. The van der Waals surface area contributed by atoms with Gasteiger partial charge in [0.05, 0.1) is 12.1 Å². The van der Waals surface area contributed by atoms with Crippen molar-refractivity contribution in [2.45, 2.75) is 57.3 Å². The molecule has 0 saturated carbocycles. The predicted molar refractivity (Wildman–Crippen MR) is 128 cm³/mol. The van der Waals surface area contributed by atoms with E-state index in [1.807, 2.05) is 30.3 Å². The van der Waals surface area contributed by atoms with Crippen LogP contribution >= 0.6 is 0 Å². The number of benzene rings is 2. The minimum absolute atomic E-state index is 0.0911. The molecule has 2 fully saturated rings. The van der Waals surface area contributed by atoms with Gasteiger partial charge in [0, 0.05) is 26.2 Å². The van der Waals surface area contributed by atoms with Crippen LogP contribution in [0.15, 0.2) is 60.9 Å². The van der Waals surface area contributed by atoms with Crippen molar-refractivity contribution in [3.63, 3.8) is 0 Å². The summed E-state index contributed by atoms with van der Waals surface area (Å²) in [6, 6.07) is 18.3. The molecule has 8 nitrogen and oxygen atoms in total. The van der Waals surface area contributed by atoms with E-state index in [-0.39, 0.29) is 18.0 Å². The molecule has 2 saturated heterocycles. The van der Waals surface area contributed by atoms with E-state index in [1.54, 1.807) is 11.0 Å². The highest BCUT2D eigenvalue weighted by Gasteiger charge is 2.40. The van der Waals surface area contributed by atoms with Crippen LogP contribution in [0.4, 0.5) is 0 Å². The van der Waals surface area contributed by atoms with Gasteiger partial charge in [-0.1, -0.05) is 55.3 Å². The maximum Gasteiger partial charge on any atom is 0.240 e. The zero-order valence-electron chi connectivity index (χ0n) is 19.5. The summed E-state index contributed by atoms with van der Waals surface area (Å²) in [7, 11) is 0. The van der Waals surface area contributed by atoms with Crippen LogP contribution in [-0.2, 0) is 17.9 Å². The van der Waals surface area contributed by atoms with Crippen molar-refractivity contribution in [1.29, 1.82) is 0 Å². The Labute approximate surface area is 200 Å². The number of carbonyl (C=O) groups excluding carboxylic acids is 1. The molecule has 0 unspecified atom stereocenters. The lowest BCUT2D eigenvalue weighted by atomic mass is 10.1. The Balaban J connectivity index is 1.30. The number of hydrogen-bond donors (Lipinski definition) is 0. The monoisotopic (exact) mass is 460 g/mol. The van der Waals surface area contributed by atoms with E-state index in [1.165, 1.54) is 12.8 Å². The first-order chi connectivity index (χ1) is 16.8. The van der Waals surface area contributed by atoms with Crippen molar-refractivity contribution in [2.24, 2.45) is 0 Å². The van der Waals surface area contributed by atoms with Crippen molar-refractivity contribution in [1.82, 2.24) is 30.0 Å². The molecule has 2 aliphatic heterocycles. The standard InChI is InChI=1S/C26H32N6O2/c33-26(30-13-6-1-2-7-14-30)25-16-23(32-20-27-28-29-32)18-31(25)17-22-11-8-12-24(15-22)34-19-21-9-4-3-5-10-21/h3-5,8-12,15,20,23,25H,1-2,6-7,13-14,16-19H2/t23-,25+/m1/s1. The molecule has 0 N–H and O–H groups in total. The number of ether oxygens (including phenoxy) is 1. The molecular formula is C26H32N6O2. The number of rotatable bonds is 7. The average molecular weight is 461 g/mol. The van der Waals surface area contributed by atoms with E-state index in [0.29, 0.717) is 13.2 Å². The van der Waals surface area contributed by atoms with Gasteiger partial charge >= 0.3 is 0 Å². The van der Waals surface area contributed by atoms with Crippen molar-refractivity contribution in [3.8, 4) is 5.75 Å². The third-order valence-corrected chi connectivity index (χ3v) is 6.86. The largest absolute Gasteiger partial charge is 0.489 e. The molecule has 0 spiro atoms. The Bertz CT molecular complexity index is 1050. The third-order valence-electron chi connectivity index (χ3n) is 6.86. The van der Waals surface area contributed by atoms with Crippen LogP contribution in [0.25, 0.3) is 0 Å². The Morgan fingerprint density at radius 2 is 1.76 bits per heavy atom. The van der Waals surface area contributed by atoms with E-state index >= 15 is 0 Å². The summed E-state index contributed by atoms with van der Waals surface area (Å²) < 4.78 is 7.83. The summed E-state index contributed by atoms with van der Waals surface area (Å²) >= 11 is 0. The van der Waals surface area contributed by atoms with Gasteiger partial charge in [-0.3, -0.25) is 9.69 Å². The van der Waals surface area contributed by atoms with Crippen LogP contribution in [0, 0.1) is 0 Å². The average Bonchev–Trinajstić information content (AvgIpc) is 3.47. The Kier molecular flexibility index (Phi) is 7.14. The highest BCUT2D eigenvalue weighted by molar-refractivity contribution is 5.82. The molecule has 3 heterocycles. The van der Waals surface area contributed by atoms with Gasteiger partial charge in [-0.25, -0.2) is 4.68 Å². The van der Waals surface area contributed by atoms with Crippen molar-refractivity contribution >= 4 is 5.91 Å². The summed E-state index contributed by atoms with van der Waals surface area (Å²) in [5.41, 5.74) is 2.27. The second-order valence-electron chi connectivity index (χ2n) is 9.29. The molecule has 2 aromatic carbocycles. The fourth-order valence-corrected chi connectivity index (χ4v) is 5.05. The van der Waals surface area contributed by atoms with Crippen molar-refractivity contribution in [2.75, 3.05) is 19.6 Å². The zero-order chi connectivity index (χ0) is 23.2. The van der Waals surface area contributed by atoms with Crippen LogP contribution in [0.3, 0.4) is 0 Å². The Hall–Kier alpha value is -3.26. The summed E-state index contributed by atoms with van der Waals surface area (Å²) in [5.74, 6) is 1.09. The molecule has 1 amide bonds. The minimum Gasteiger partial charge on any atom is -0.489 e. The molecule has 0 aliphatic carbocycles. The quantitative estimate of drug-likeness (QED) is 0.537. The van der Waals surface area contributed by atoms with E-state index in [4.69, 9.17) is 4.74 Å².